The molecule has 112 valence electrons. The zero-order valence-corrected chi connectivity index (χ0v) is 12.9. The van der Waals surface area contributed by atoms with E-state index in [1.807, 2.05) is 18.2 Å². The number of anilines is 1. The van der Waals surface area contributed by atoms with Gasteiger partial charge in [0.2, 0.25) is 0 Å². The van der Waals surface area contributed by atoms with Crippen LogP contribution in [0.2, 0.25) is 0 Å². The minimum absolute atomic E-state index is 0.230. The molecule has 1 aromatic heterocycles. The van der Waals surface area contributed by atoms with Crippen LogP contribution in [0.5, 0.6) is 11.5 Å². The number of nitrogens with one attached hydrogen (secondary N) is 1. The Kier molecular flexibility index (Phi) is 3.93. The average molecular weight is 314 g/mol. The van der Waals surface area contributed by atoms with E-state index >= 15 is 0 Å². The molecule has 2 aromatic carbocycles. The van der Waals surface area contributed by atoms with Gasteiger partial charge in [0.1, 0.15) is 11.5 Å². The highest BCUT2D eigenvalue weighted by Crippen LogP contribution is 2.25. The van der Waals surface area contributed by atoms with E-state index in [0.29, 0.717) is 22.7 Å². The SMILES string of the molecule is COc1cc(OC)cc(C(=O)Nc2ccc3scnc3c2)c1. The van der Waals surface area contributed by atoms with Crippen LogP contribution in [0.15, 0.2) is 41.9 Å². The molecule has 3 rings (SSSR count). The van der Waals surface area contributed by atoms with Gasteiger partial charge in [-0.15, -0.1) is 11.3 Å². The van der Waals surface area contributed by atoms with Gasteiger partial charge in [-0.2, -0.15) is 0 Å². The Morgan fingerprint density at radius 1 is 1.09 bits per heavy atom. The van der Waals surface area contributed by atoms with Crippen LogP contribution < -0.4 is 14.8 Å². The molecule has 0 saturated heterocycles. The first-order chi connectivity index (χ1) is 10.7. The van der Waals surface area contributed by atoms with Gasteiger partial charge in [0.15, 0.2) is 0 Å². The van der Waals surface area contributed by atoms with Crippen LogP contribution in [-0.2, 0) is 0 Å². The average Bonchev–Trinajstić information content (AvgIpc) is 3.01. The van der Waals surface area contributed by atoms with Gasteiger partial charge in [-0.25, -0.2) is 4.98 Å². The summed E-state index contributed by atoms with van der Waals surface area (Å²) in [6.07, 6.45) is 0. The minimum atomic E-state index is -0.230. The fraction of sp³-hybridized carbons (Fsp3) is 0.125. The highest BCUT2D eigenvalue weighted by Gasteiger charge is 2.11. The lowest BCUT2D eigenvalue weighted by Gasteiger charge is -2.09. The normalized spacial score (nSPS) is 10.5. The summed E-state index contributed by atoms with van der Waals surface area (Å²) in [6.45, 7) is 0. The number of benzene rings is 2. The van der Waals surface area contributed by atoms with E-state index in [2.05, 4.69) is 10.3 Å². The van der Waals surface area contributed by atoms with Crippen molar-refractivity contribution in [2.45, 2.75) is 0 Å². The first-order valence-electron chi connectivity index (χ1n) is 6.57. The Morgan fingerprint density at radius 2 is 1.82 bits per heavy atom. The van der Waals surface area contributed by atoms with Crippen LogP contribution in [0.3, 0.4) is 0 Å². The molecule has 0 atom stereocenters. The predicted molar refractivity (Wildman–Crippen MR) is 87.1 cm³/mol. The van der Waals surface area contributed by atoms with Crippen molar-refractivity contribution >= 4 is 33.1 Å². The van der Waals surface area contributed by atoms with Gasteiger partial charge in [0.05, 0.1) is 29.9 Å². The van der Waals surface area contributed by atoms with E-state index < -0.39 is 0 Å². The Morgan fingerprint density at radius 3 is 2.50 bits per heavy atom. The molecule has 0 fully saturated rings. The summed E-state index contributed by atoms with van der Waals surface area (Å²) >= 11 is 1.56. The van der Waals surface area contributed by atoms with E-state index in [9.17, 15) is 4.79 Å². The molecule has 1 heterocycles. The van der Waals surface area contributed by atoms with Gasteiger partial charge in [-0.3, -0.25) is 4.79 Å². The lowest BCUT2D eigenvalue weighted by molar-refractivity contribution is 0.102. The van der Waals surface area contributed by atoms with E-state index in [0.717, 1.165) is 10.2 Å². The summed E-state index contributed by atoms with van der Waals surface area (Å²) in [5.74, 6) is 0.908. The Labute approximate surface area is 131 Å². The third kappa shape index (κ3) is 2.87. The summed E-state index contributed by atoms with van der Waals surface area (Å²) in [5.41, 5.74) is 3.81. The molecule has 0 aliphatic heterocycles. The molecule has 3 aromatic rings. The highest BCUT2D eigenvalue weighted by atomic mass is 32.1. The van der Waals surface area contributed by atoms with E-state index in [1.165, 1.54) is 0 Å². The van der Waals surface area contributed by atoms with Crippen LogP contribution >= 0.6 is 11.3 Å². The summed E-state index contributed by atoms with van der Waals surface area (Å²) in [7, 11) is 3.10. The molecule has 0 radical (unpaired) electrons. The van der Waals surface area contributed by atoms with Gasteiger partial charge in [0, 0.05) is 17.3 Å². The second-order valence-electron chi connectivity index (χ2n) is 4.59. The van der Waals surface area contributed by atoms with E-state index in [1.54, 1.807) is 49.3 Å². The summed E-state index contributed by atoms with van der Waals surface area (Å²) in [5, 5.41) is 2.86. The smallest absolute Gasteiger partial charge is 0.255 e. The molecule has 6 heteroatoms. The fourth-order valence-corrected chi connectivity index (χ4v) is 2.74. The first kappa shape index (κ1) is 14.3. The second-order valence-corrected chi connectivity index (χ2v) is 5.48. The summed E-state index contributed by atoms with van der Waals surface area (Å²) in [4.78, 5) is 16.6. The number of hydrogen-bond donors (Lipinski definition) is 1. The molecule has 0 aliphatic carbocycles. The van der Waals surface area contributed by atoms with Crippen LogP contribution in [0.1, 0.15) is 10.4 Å². The number of carbonyl (C=O) groups is 1. The van der Waals surface area contributed by atoms with Crippen molar-refractivity contribution in [3.8, 4) is 11.5 Å². The van der Waals surface area contributed by atoms with Crippen molar-refractivity contribution in [2.24, 2.45) is 0 Å². The number of methoxy groups -OCH3 is 2. The molecular weight excluding hydrogens is 300 g/mol. The number of thiazole rings is 1. The van der Waals surface area contributed by atoms with Crippen molar-refractivity contribution in [2.75, 3.05) is 19.5 Å². The largest absolute Gasteiger partial charge is 0.497 e. The number of carbonyl (C=O) groups excluding carboxylic acids is 1. The van der Waals surface area contributed by atoms with Crippen LogP contribution in [-0.4, -0.2) is 25.1 Å². The maximum Gasteiger partial charge on any atom is 0.255 e. The molecule has 0 aliphatic rings. The summed E-state index contributed by atoms with van der Waals surface area (Å²) < 4.78 is 11.4. The predicted octanol–water partition coefficient (Wildman–Crippen LogP) is 3.57. The molecule has 5 nitrogen and oxygen atoms in total. The number of fused-ring (bicyclic) bond motifs is 1. The van der Waals surface area contributed by atoms with Crippen molar-refractivity contribution < 1.29 is 14.3 Å². The van der Waals surface area contributed by atoms with Gasteiger partial charge >= 0.3 is 0 Å². The van der Waals surface area contributed by atoms with Gasteiger partial charge in [-0.1, -0.05) is 0 Å². The Bertz CT molecular complexity index is 807. The number of aromatic nitrogens is 1. The molecule has 0 saturated carbocycles. The highest BCUT2D eigenvalue weighted by molar-refractivity contribution is 7.16. The monoisotopic (exact) mass is 314 g/mol. The fourth-order valence-electron chi connectivity index (χ4n) is 2.08. The maximum absolute atomic E-state index is 12.4. The third-order valence-electron chi connectivity index (χ3n) is 3.20. The quantitative estimate of drug-likeness (QED) is 0.800. The van der Waals surface area contributed by atoms with Gasteiger partial charge in [-0.05, 0) is 30.3 Å². The Balaban J connectivity index is 1.87. The molecule has 1 amide bonds. The van der Waals surface area contributed by atoms with Crippen LogP contribution in [0, 0.1) is 0 Å². The van der Waals surface area contributed by atoms with Crippen molar-refractivity contribution in [1.29, 1.82) is 0 Å². The maximum atomic E-state index is 12.4. The van der Waals surface area contributed by atoms with Crippen LogP contribution in [0.4, 0.5) is 5.69 Å². The number of rotatable bonds is 4. The van der Waals surface area contributed by atoms with E-state index in [-0.39, 0.29) is 5.91 Å². The lowest BCUT2D eigenvalue weighted by atomic mass is 10.1. The number of amides is 1. The first-order valence-corrected chi connectivity index (χ1v) is 7.45. The lowest BCUT2D eigenvalue weighted by Crippen LogP contribution is -2.12. The topological polar surface area (TPSA) is 60.5 Å². The van der Waals surface area contributed by atoms with E-state index in [4.69, 9.17) is 9.47 Å². The number of nitrogens with zero attached hydrogens (tertiary/aromatic N) is 1. The second kappa shape index (κ2) is 6.03. The van der Waals surface area contributed by atoms with Crippen molar-refractivity contribution in [3.05, 3.63) is 47.5 Å². The number of hydrogen-bond acceptors (Lipinski definition) is 5. The third-order valence-corrected chi connectivity index (χ3v) is 4.01. The van der Waals surface area contributed by atoms with Gasteiger partial charge < -0.3 is 14.8 Å². The summed E-state index contributed by atoms with van der Waals surface area (Å²) in [6, 6.07) is 10.7. The molecule has 0 spiro atoms. The van der Waals surface area contributed by atoms with Crippen molar-refractivity contribution in [3.63, 3.8) is 0 Å². The zero-order valence-electron chi connectivity index (χ0n) is 12.1. The zero-order chi connectivity index (χ0) is 15.5. The standard InChI is InChI=1S/C16H14N2O3S/c1-20-12-5-10(6-13(8-12)21-2)16(19)18-11-3-4-15-14(7-11)17-9-22-15/h3-9H,1-2H3,(H,18,19). The molecule has 0 unspecified atom stereocenters. The number of ether oxygens (including phenoxy) is 2. The molecule has 1 N–H and O–H groups in total. The minimum Gasteiger partial charge on any atom is -0.497 e. The molecule has 0 bridgehead atoms. The molecular formula is C16H14N2O3S. The Hall–Kier alpha value is -2.60. The van der Waals surface area contributed by atoms with Crippen molar-refractivity contribution in [1.82, 2.24) is 4.98 Å². The van der Waals surface area contributed by atoms with Gasteiger partial charge in [0.25, 0.3) is 5.91 Å². The molecule has 22 heavy (non-hydrogen) atoms. The van der Waals surface area contributed by atoms with Crippen LogP contribution in [0.25, 0.3) is 10.2 Å².